The van der Waals surface area contributed by atoms with Crippen LogP contribution in [0, 0.1) is 5.82 Å². The highest BCUT2D eigenvalue weighted by atomic mass is 35.5. The summed E-state index contributed by atoms with van der Waals surface area (Å²) >= 11 is 11.8. The minimum absolute atomic E-state index is 0.0361. The number of carboxylic acid groups (broad SMARTS) is 1. The molecule has 0 fully saturated rings. The van der Waals surface area contributed by atoms with E-state index in [1.807, 2.05) is 18.2 Å². The second-order valence-corrected chi connectivity index (χ2v) is 8.37. The smallest absolute Gasteiger partial charge is 0.490 e. The molecule has 4 aromatic rings. The van der Waals surface area contributed by atoms with Crippen molar-refractivity contribution < 1.29 is 32.2 Å². The van der Waals surface area contributed by atoms with E-state index in [0.717, 1.165) is 22.0 Å². The van der Waals surface area contributed by atoms with Gasteiger partial charge in [-0.05, 0) is 53.9 Å². The van der Waals surface area contributed by atoms with Gasteiger partial charge < -0.3 is 20.9 Å². The number of hydrogen-bond acceptors (Lipinski definition) is 7. The highest BCUT2D eigenvalue weighted by molar-refractivity contribution is 6.32. The molecule has 4 rings (SSSR count). The molecule has 0 saturated carbocycles. The van der Waals surface area contributed by atoms with Crippen molar-refractivity contribution >= 4 is 51.7 Å². The van der Waals surface area contributed by atoms with Crippen molar-refractivity contribution in [1.29, 1.82) is 0 Å². The fraction of sp³-hybridized carbons (Fsp3) is 0.217. The molecule has 0 unspecified atom stereocenters. The Morgan fingerprint density at radius 2 is 1.87 bits per heavy atom. The fourth-order valence-electron chi connectivity index (χ4n) is 3.14. The number of carboxylic acids is 1. The minimum atomic E-state index is -5.08. The maximum absolute atomic E-state index is 13.7. The van der Waals surface area contributed by atoms with Gasteiger partial charge in [-0.25, -0.2) is 19.2 Å². The van der Waals surface area contributed by atoms with Crippen LogP contribution in [0.25, 0.3) is 10.9 Å². The third kappa shape index (κ3) is 8.16. The Morgan fingerprint density at radius 3 is 2.53 bits per heavy atom. The lowest BCUT2D eigenvalue weighted by Gasteiger charge is -2.12. The van der Waals surface area contributed by atoms with Gasteiger partial charge in [-0.3, -0.25) is 5.10 Å². The van der Waals surface area contributed by atoms with Gasteiger partial charge in [0.1, 0.15) is 22.5 Å². The van der Waals surface area contributed by atoms with Crippen LogP contribution in [0.2, 0.25) is 10.4 Å². The molecule has 0 radical (unpaired) electrons. The molecule has 0 aliphatic heterocycles. The first-order chi connectivity index (χ1) is 18.0. The van der Waals surface area contributed by atoms with Crippen molar-refractivity contribution in [2.45, 2.75) is 19.0 Å². The number of ether oxygens (including phenoxy) is 1. The Balaban J connectivity index is 0.000000505. The third-order valence-corrected chi connectivity index (χ3v) is 5.18. The number of aromatic nitrogens is 4. The first-order valence-corrected chi connectivity index (χ1v) is 11.6. The summed E-state index contributed by atoms with van der Waals surface area (Å²) in [6.07, 6.45) is -3.83. The van der Waals surface area contributed by atoms with Crippen LogP contribution in [0.4, 0.5) is 29.2 Å². The summed E-state index contributed by atoms with van der Waals surface area (Å²) in [7, 11) is 0. The molecule has 2 heterocycles. The van der Waals surface area contributed by atoms with E-state index >= 15 is 0 Å². The number of carbonyl (C=O) groups is 1. The fourth-order valence-corrected chi connectivity index (χ4v) is 3.54. The van der Waals surface area contributed by atoms with Gasteiger partial charge in [-0.15, -0.1) is 0 Å². The zero-order chi connectivity index (χ0) is 27.9. The number of benzene rings is 2. The predicted octanol–water partition coefficient (Wildman–Crippen LogP) is 5.49. The maximum Gasteiger partial charge on any atom is 0.490 e. The number of halogens is 6. The standard InChI is InChI=1S/C21H19Cl2FN6O.C2HF3O2/c22-18-11-19(28-21(23)26-18)27-20-15-9-12(2-5-16(15)29-30-20)8-13-3-4-14(24)10-17(13)31-7-1-6-25;3-2(4,5)1(6)7/h2-5,9-11H,1,6-8,25H2,(H2,26,27,28,29,30);(H,6,7). The number of rotatable bonds is 8. The lowest BCUT2D eigenvalue weighted by atomic mass is 10.0. The number of nitrogens with zero attached hydrogens (tertiary/aromatic N) is 3. The normalized spacial score (nSPS) is 11.1. The third-order valence-electron chi connectivity index (χ3n) is 4.81. The van der Waals surface area contributed by atoms with Crippen molar-refractivity contribution in [2.24, 2.45) is 5.73 Å². The molecule has 0 aliphatic carbocycles. The Hall–Kier alpha value is -3.68. The Labute approximate surface area is 222 Å². The monoisotopic (exact) mass is 574 g/mol. The molecule has 0 aliphatic rings. The lowest BCUT2D eigenvalue weighted by molar-refractivity contribution is -0.192. The lowest BCUT2D eigenvalue weighted by Crippen LogP contribution is -2.21. The summed E-state index contributed by atoms with van der Waals surface area (Å²) in [6.45, 7) is 0.951. The van der Waals surface area contributed by atoms with Gasteiger partial charge in [0.2, 0.25) is 5.28 Å². The second-order valence-electron chi connectivity index (χ2n) is 7.64. The van der Waals surface area contributed by atoms with Crippen LogP contribution in [0.3, 0.4) is 0 Å². The molecule has 2 aromatic heterocycles. The van der Waals surface area contributed by atoms with Crippen molar-refractivity contribution in [2.75, 3.05) is 18.5 Å². The van der Waals surface area contributed by atoms with E-state index < -0.39 is 12.1 Å². The Kier molecular flexibility index (Phi) is 9.66. The number of nitrogens with one attached hydrogen (secondary N) is 2. The Morgan fingerprint density at radius 1 is 1.13 bits per heavy atom. The van der Waals surface area contributed by atoms with Crippen LogP contribution in [-0.4, -0.2) is 50.6 Å². The zero-order valence-electron chi connectivity index (χ0n) is 19.3. The molecular formula is C23H20Cl2F4N6O3. The molecule has 0 spiro atoms. The van der Waals surface area contributed by atoms with Crippen LogP contribution < -0.4 is 15.8 Å². The van der Waals surface area contributed by atoms with Gasteiger partial charge in [0.25, 0.3) is 0 Å². The number of H-pyrrole nitrogens is 1. The molecule has 0 amide bonds. The number of fused-ring (bicyclic) bond motifs is 1. The zero-order valence-corrected chi connectivity index (χ0v) is 20.8. The average molecular weight is 575 g/mol. The molecule has 9 nitrogen and oxygen atoms in total. The first-order valence-electron chi connectivity index (χ1n) is 10.8. The quantitative estimate of drug-likeness (QED) is 0.0936. The van der Waals surface area contributed by atoms with Gasteiger partial charge in [-0.2, -0.15) is 18.3 Å². The van der Waals surface area contributed by atoms with Crippen LogP contribution in [0.1, 0.15) is 17.5 Å². The summed E-state index contributed by atoms with van der Waals surface area (Å²) in [4.78, 5) is 16.8. The summed E-state index contributed by atoms with van der Waals surface area (Å²) < 4.78 is 51.2. The number of aliphatic carboxylic acids is 1. The van der Waals surface area contributed by atoms with Crippen LogP contribution in [0.15, 0.2) is 42.5 Å². The first kappa shape index (κ1) is 28.9. The van der Waals surface area contributed by atoms with Crippen LogP contribution in [0.5, 0.6) is 5.75 Å². The molecule has 15 heteroatoms. The maximum atomic E-state index is 13.7. The van der Waals surface area contributed by atoms with E-state index in [1.165, 1.54) is 12.1 Å². The van der Waals surface area contributed by atoms with Gasteiger partial charge in [0, 0.05) is 23.9 Å². The molecule has 38 heavy (non-hydrogen) atoms. The van der Waals surface area contributed by atoms with E-state index in [4.69, 9.17) is 43.6 Å². The average Bonchev–Trinajstić information content (AvgIpc) is 3.22. The SMILES string of the molecule is NCCCOc1cc(F)ccc1Cc1ccc2[nH]nc(Nc3cc(Cl)nc(Cl)n3)c2c1.O=C(O)C(F)(F)F. The number of aromatic amines is 1. The molecule has 5 N–H and O–H groups in total. The minimum Gasteiger partial charge on any atom is -0.493 e. The molecular weight excluding hydrogens is 555 g/mol. The highest BCUT2D eigenvalue weighted by Gasteiger charge is 2.38. The Bertz CT molecular complexity index is 1400. The molecule has 0 saturated heterocycles. The summed E-state index contributed by atoms with van der Waals surface area (Å²) in [5, 5.41) is 18.6. The van der Waals surface area contributed by atoms with Crippen LogP contribution in [-0.2, 0) is 11.2 Å². The number of anilines is 2. The van der Waals surface area contributed by atoms with Gasteiger partial charge >= 0.3 is 12.1 Å². The summed E-state index contributed by atoms with van der Waals surface area (Å²) in [5.41, 5.74) is 8.25. The second kappa shape index (κ2) is 12.7. The van der Waals surface area contributed by atoms with E-state index in [-0.39, 0.29) is 16.3 Å². The summed E-state index contributed by atoms with van der Waals surface area (Å²) in [5.74, 6) is -1.58. The number of nitrogens with two attached hydrogens (primary N) is 1. The topological polar surface area (TPSA) is 139 Å². The molecule has 0 bridgehead atoms. The largest absolute Gasteiger partial charge is 0.493 e. The van der Waals surface area contributed by atoms with Crippen LogP contribution >= 0.6 is 23.2 Å². The number of alkyl halides is 3. The predicted molar refractivity (Wildman–Crippen MR) is 133 cm³/mol. The molecule has 2 aromatic carbocycles. The van der Waals surface area contributed by atoms with Crippen molar-refractivity contribution in [3.8, 4) is 5.75 Å². The van der Waals surface area contributed by atoms with E-state index in [1.54, 1.807) is 12.1 Å². The van der Waals surface area contributed by atoms with Gasteiger partial charge in [-0.1, -0.05) is 23.7 Å². The summed E-state index contributed by atoms with van der Waals surface area (Å²) in [6, 6.07) is 12.0. The van der Waals surface area contributed by atoms with E-state index in [9.17, 15) is 17.6 Å². The van der Waals surface area contributed by atoms with Crippen molar-refractivity contribution in [1.82, 2.24) is 20.2 Å². The van der Waals surface area contributed by atoms with Crippen molar-refractivity contribution in [3.05, 3.63) is 69.8 Å². The van der Waals surface area contributed by atoms with E-state index in [0.29, 0.717) is 43.4 Å². The molecule has 0 atom stereocenters. The van der Waals surface area contributed by atoms with Gasteiger partial charge in [0.15, 0.2) is 5.82 Å². The number of hydrogen-bond donors (Lipinski definition) is 4. The van der Waals surface area contributed by atoms with Crippen molar-refractivity contribution in [3.63, 3.8) is 0 Å². The highest BCUT2D eigenvalue weighted by Crippen LogP contribution is 2.28. The molecule has 202 valence electrons. The van der Waals surface area contributed by atoms with E-state index in [2.05, 4.69) is 25.5 Å². The van der Waals surface area contributed by atoms with Gasteiger partial charge in [0.05, 0.1) is 12.1 Å².